The average molecular weight is 542 g/mol. The van der Waals surface area contributed by atoms with Crippen molar-refractivity contribution < 1.29 is 31.1 Å². The number of nitrogens with zero attached hydrogens (tertiary/aromatic N) is 6. The van der Waals surface area contributed by atoms with E-state index in [1.807, 2.05) is 0 Å². The molecule has 1 unspecified atom stereocenters. The summed E-state index contributed by atoms with van der Waals surface area (Å²) < 4.78 is 82.7. The first-order chi connectivity index (χ1) is 17.7. The Kier molecular flexibility index (Phi) is 5.87. The molecule has 2 amide bonds. The standard InChI is InChI=1S/C23H24F6N8O/c1-12(14-10-35(2)34-18(14)23(27,28)29)32-20(38)36-5-3-21(11-36)4-6-37-17(21)8-16(33-37)13-7-15(22(24,25)26)19(30)31-9-13/h7-10,12H,3-6,11H2,1-2H3,(H2,30,31)(H,32,38)/t12-,21?/m0/s1. The fourth-order valence-corrected chi connectivity index (χ4v) is 5.30. The molecule has 204 valence electrons. The molecule has 2 aliphatic rings. The normalized spacial score (nSPS) is 20.3. The van der Waals surface area contributed by atoms with Gasteiger partial charge in [-0.2, -0.15) is 36.5 Å². The number of nitrogen functional groups attached to an aromatic ring is 1. The van der Waals surface area contributed by atoms with E-state index in [0.717, 1.165) is 16.4 Å². The summed E-state index contributed by atoms with van der Waals surface area (Å²) in [6.45, 7) is 2.63. The van der Waals surface area contributed by atoms with Gasteiger partial charge in [-0.15, -0.1) is 0 Å². The minimum atomic E-state index is -4.66. The van der Waals surface area contributed by atoms with Crippen molar-refractivity contribution in [3.8, 4) is 11.3 Å². The van der Waals surface area contributed by atoms with Crippen LogP contribution in [0.2, 0.25) is 0 Å². The third-order valence-electron chi connectivity index (χ3n) is 7.22. The zero-order valence-electron chi connectivity index (χ0n) is 20.4. The van der Waals surface area contributed by atoms with Gasteiger partial charge in [-0.05, 0) is 31.9 Å². The highest BCUT2D eigenvalue weighted by molar-refractivity contribution is 5.75. The molecule has 3 N–H and O–H groups in total. The lowest BCUT2D eigenvalue weighted by molar-refractivity contribution is -0.142. The number of alkyl halides is 6. The molecule has 0 aliphatic carbocycles. The molecule has 1 fully saturated rings. The van der Waals surface area contributed by atoms with Crippen LogP contribution >= 0.6 is 0 Å². The number of aromatic nitrogens is 5. The van der Waals surface area contributed by atoms with E-state index in [-0.39, 0.29) is 11.1 Å². The van der Waals surface area contributed by atoms with Crippen LogP contribution in [0.3, 0.4) is 0 Å². The highest BCUT2D eigenvalue weighted by Crippen LogP contribution is 2.44. The summed E-state index contributed by atoms with van der Waals surface area (Å²) in [7, 11) is 1.37. The number of anilines is 1. The highest BCUT2D eigenvalue weighted by atomic mass is 19.4. The van der Waals surface area contributed by atoms with Crippen LogP contribution in [0.25, 0.3) is 11.3 Å². The molecule has 2 aliphatic heterocycles. The molecule has 1 spiro atoms. The van der Waals surface area contributed by atoms with Gasteiger partial charge in [0, 0.05) is 61.3 Å². The Morgan fingerprint density at radius 1 is 1.11 bits per heavy atom. The van der Waals surface area contributed by atoms with Crippen molar-refractivity contribution in [1.29, 1.82) is 0 Å². The summed E-state index contributed by atoms with van der Waals surface area (Å²) in [6, 6.07) is 1.17. The largest absolute Gasteiger partial charge is 0.435 e. The zero-order chi connectivity index (χ0) is 27.6. The zero-order valence-corrected chi connectivity index (χ0v) is 20.4. The Morgan fingerprint density at radius 3 is 2.50 bits per heavy atom. The van der Waals surface area contributed by atoms with Crippen molar-refractivity contribution in [2.45, 2.75) is 50.1 Å². The van der Waals surface area contributed by atoms with Crippen molar-refractivity contribution >= 4 is 11.8 Å². The van der Waals surface area contributed by atoms with Crippen molar-refractivity contribution in [2.75, 3.05) is 18.8 Å². The second-order valence-corrected chi connectivity index (χ2v) is 9.77. The summed E-state index contributed by atoms with van der Waals surface area (Å²) in [5.74, 6) is -0.621. The van der Waals surface area contributed by atoms with Crippen LogP contribution in [-0.2, 0) is 31.4 Å². The second-order valence-electron chi connectivity index (χ2n) is 9.77. The number of carbonyl (C=O) groups excluding carboxylic acids is 1. The van der Waals surface area contributed by atoms with Gasteiger partial charge in [-0.1, -0.05) is 0 Å². The second kappa shape index (κ2) is 8.63. The number of nitrogens with one attached hydrogen (secondary N) is 1. The molecule has 15 heteroatoms. The van der Waals surface area contributed by atoms with Gasteiger partial charge < -0.3 is 16.0 Å². The monoisotopic (exact) mass is 542 g/mol. The van der Waals surface area contributed by atoms with Crippen LogP contribution in [-0.4, -0.2) is 48.6 Å². The number of amides is 2. The number of hydrogen-bond donors (Lipinski definition) is 2. The Bertz CT molecular complexity index is 1390. The molecule has 0 saturated carbocycles. The summed E-state index contributed by atoms with van der Waals surface area (Å²) in [6.07, 6.45) is -5.61. The number of pyridine rings is 1. The number of hydrogen-bond acceptors (Lipinski definition) is 5. The Hall–Kier alpha value is -3.78. The summed E-state index contributed by atoms with van der Waals surface area (Å²) in [4.78, 5) is 18.2. The molecular weight excluding hydrogens is 518 g/mol. The molecule has 3 aromatic rings. The van der Waals surface area contributed by atoms with Crippen LogP contribution in [0.1, 0.15) is 48.3 Å². The summed E-state index contributed by atoms with van der Waals surface area (Å²) in [5.41, 5.74) is 3.97. The Morgan fingerprint density at radius 2 is 1.82 bits per heavy atom. The minimum Gasteiger partial charge on any atom is -0.383 e. The molecule has 0 bridgehead atoms. The quantitative estimate of drug-likeness (QED) is 0.485. The third-order valence-corrected chi connectivity index (χ3v) is 7.22. The molecule has 3 aromatic heterocycles. The van der Waals surface area contributed by atoms with Gasteiger partial charge in [0.1, 0.15) is 5.82 Å². The van der Waals surface area contributed by atoms with Crippen molar-refractivity contribution in [2.24, 2.45) is 7.05 Å². The molecule has 38 heavy (non-hydrogen) atoms. The van der Waals surface area contributed by atoms with E-state index >= 15 is 0 Å². The topological polar surface area (TPSA) is 107 Å². The van der Waals surface area contributed by atoms with Gasteiger partial charge in [0.05, 0.1) is 17.3 Å². The SMILES string of the molecule is C[C@H](NC(=O)N1CCC2(CCn3nc(-c4cnc(N)c(C(F)(F)F)c4)cc32)C1)c1cn(C)nc1C(F)(F)F. The highest BCUT2D eigenvalue weighted by Gasteiger charge is 2.47. The fourth-order valence-electron chi connectivity index (χ4n) is 5.30. The van der Waals surface area contributed by atoms with E-state index in [1.165, 1.54) is 31.3 Å². The van der Waals surface area contributed by atoms with Gasteiger partial charge >= 0.3 is 18.4 Å². The van der Waals surface area contributed by atoms with Crippen molar-refractivity contribution in [3.05, 3.63) is 47.0 Å². The van der Waals surface area contributed by atoms with E-state index in [4.69, 9.17) is 5.73 Å². The van der Waals surface area contributed by atoms with E-state index in [0.29, 0.717) is 38.2 Å². The lowest BCUT2D eigenvalue weighted by atomic mass is 9.82. The maximum atomic E-state index is 13.4. The van der Waals surface area contributed by atoms with Crippen LogP contribution in [0, 0.1) is 0 Å². The first kappa shape index (κ1) is 25.9. The van der Waals surface area contributed by atoms with Crippen molar-refractivity contribution in [1.82, 2.24) is 34.8 Å². The maximum Gasteiger partial charge on any atom is 0.435 e. The van der Waals surface area contributed by atoms with E-state index in [1.54, 1.807) is 10.7 Å². The van der Waals surface area contributed by atoms with E-state index in [2.05, 4.69) is 20.5 Å². The van der Waals surface area contributed by atoms with Crippen LogP contribution in [0.4, 0.5) is 37.0 Å². The molecule has 1 saturated heterocycles. The molecule has 0 radical (unpaired) electrons. The number of likely N-dealkylation sites (tertiary alicyclic amines) is 1. The minimum absolute atomic E-state index is 0.138. The van der Waals surface area contributed by atoms with E-state index < -0.39 is 46.9 Å². The lowest BCUT2D eigenvalue weighted by Gasteiger charge is -2.25. The van der Waals surface area contributed by atoms with Crippen LogP contribution in [0.5, 0.6) is 0 Å². The predicted octanol–water partition coefficient (Wildman–Crippen LogP) is 4.12. The maximum absolute atomic E-state index is 13.4. The number of carbonyl (C=O) groups is 1. The molecule has 9 nitrogen and oxygen atoms in total. The first-order valence-electron chi connectivity index (χ1n) is 11.8. The Balaban J connectivity index is 1.33. The first-order valence-corrected chi connectivity index (χ1v) is 11.8. The van der Waals surface area contributed by atoms with Gasteiger partial charge in [0.25, 0.3) is 0 Å². The number of fused-ring (bicyclic) bond motifs is 2. The molecular formula is C23H24F6N8O. The number of aryl methyl sites for hydroxylation is 2. The van der Waals surface area contributed by atoms with Crippen LogP contribution in [0.15, 0.2) is 24.5 Å². The van der Waals surface area contributed by atoms with Crippen molar-refractivity contribution in [3.63, 3.8) is 0 Å². The van der Waals surface area contributed by atoms with Gasteiger partial charge in [0.2, 0.25) is 0 Å². The number of nitrogens with two attached hydrogens (primary N) is 1. The summed E-state index contributed by atoms with van der Waals surface area (Å²) in [5, 5.41) is 10.6. The van der Waals surface area contributed by atoms with Gasteiger partial charge in [-0.25, -0.2) is 9.78 Å². The number of halogens is 6. The van der Waals surface area contributed by atoms with Gasteiger partial charge in [-0.3, -0.25) is 9.36 Å². The predicted molar refractivity (Wildman–Crippen MR) is 123 cm³/mol. The lowest BCUT2D eigenvalue weighted by Crippen LogP contribution is -2.41. The van der Waals surface area contributed by atoms with Gasteiger partial charge in [0.15, 0.2) is 5.69 Å². The molecule has 0 aromatic carbocycles. The third kappa shape index (κ3) is 4.43. The van der Waals surface area contributed by atoms with E-state index in [9.17, 15) is 31.1 Å². The average Bonchev–Trinajstić information content (AvgIpc) is 3.58. The number of urea groups is 1. The number of rotatable bonds is 3. The molecule has 2 atom stereocenters. The molecule has 5 heterocycles. The van der Waals surface area contributed by atoms with Crippen LogP contribution < -0.4 is 11.1 Å². The smallest absolute Gasteiger partial charge is 0.383 e. The fraction of sp³-hybridized carbons (Fsp3) is 0.478. The summed E-state index contributed by atoms with van der Waals surface area (Å²) >= 11 is 0. The Labute approximate surface area is 212 Å². The molecule has 5 rings (SSSR count).